The summed E-state index contributed by atoms with van der Waals surface area (Å²) in [5.74, 6) is 0.271. The molecule has 8 heteroatoms. The van der Waals surface area contributed by atoms with Crippen LogP contribution in [0.2, 0.25) is 0 Å². The van der Waals surface area contributed by atoms with Crippen LogP contribution in [-0.2, 0) is 4.79 Å². The lowest BCUT2D eigenvalue weighted by Crippen LogP contribution is -2.53. The minimum atomic E-state index is -0.257. The summed E-state index contributed by atoms with van der Waals surface area (Å²) < 4.78 is 5.04. The zero-order valence-electron chi connectivity index (χ0n) is 16.3. The molecule has 1 aliphatic heterocycles. The van der Waals surface area contributed by atoms with Gasteiger partial charge in [-0.2, -0.15) is 0 Å². The Labute approximate surface area is 160 Å². The highest BCUT2D eigenvalue weighted by Gasteiger charge is 2.28. The van der Waals surface area contributed by atoms with Gasteiger partial charge in [-0.1, -0.05) is 24.4 Å². The second-order valence-electron chi connectivity index (χ2n) is 7.76. The summed E-state index contributed by atoms with van der Waals surface area (Å²) in [5.41, 5.74) is 0.733. The van der Waals surface area contributed by atoms with Crippen molar-refractivity contribution in [2.45, 2.75) is 76.9 Å². The number of hydrogen-bond acceptors (Lipinski definition) is 5. The lowest BCUT2D eigenvalue weighted by molar-refractivity contribution is -0.121. The van der Waals surface area contributed by atoms with Gasteiger partial charge in [-0.15, -0.1) is 0 Å². The van der Waals surface area contributed by atoms with Crippen LogP contribution in [0.3, 0.4) is 0 Å². The normalized spacial score (nSPS) is 20.8. The number of rotatable bonds is 5. The first-order valence-electron chi connectivity index (χ1n) is 10.1. The van der Waals surface area contributed by atoms with E-state index in [1.165, 1.54) is 19.3 Å². The van der Waals surface area contributed by atoms with Crippen molar-refractivity contribution in [3.63, 3.8) is 0 Å². The number of hydrogen-bond donors (Lipinski definition) is 3. The van der Waals surface area contributed by atoms with Crippen molar-refractivity contribution >= 4 is 17.8 Å². The maximum atomic E-state index is 12.4. The predicted molar refractivity (Wildman–Crippen MR) is 102 cm³/mol. The van der Waals surface area contributed by atoms with Gasteiger partial charge in [0.1, 0.15) is 0 Å². The van der Waals surface area contributed by atoms with Crippen molar-refractivity contribution in [3.8, 4) is 0 Å². The van der Waals surface area contributed by atoms with Gasteiger partial charge in [-0.3, -0.25) is 15.0 Å². The summed E-state index contributed by atoms with van der Waals surface area (Å²) in [5, 5.41) is 12.7. The van der Waals surface area contributed by atoms with Crippen molar-refractivity contribution in [1.29, 1.82) is 0 Å². The molecule has 0 radical (unpaired) electrons. The van der Waals surface area contributed by atoms with Gasteiger partial charge in [-0.05, 0) is 39.5 Å². The van der Waals surface area contributed by atoms with Crippen molar-refractivity contribution in [2.75, 3.05) is 18.4 Å². The van der Waals surface area contributed by atoms with Gasteiger partial charge in [-0.25, -0.2) is 4.79 Å². The zero-order chi connectivity index (χ0) is 19.2. The van der Waals surface area contributed by atoms with Gasteiger partial charge in [0, 0.05) is 31.2 Å². The van der Waals surface area contributed by atoms with E-state index < -0.39 is 0 Å². The van der Waals surface area contributed by atoms with Crippen LogP contribution in [0.4, 0.5) is 10.7 Å². The average Bonchev–Trinajstić information content (AvgIpc) is 3.07. The van der Waals surface area contributed by atoms with E-state index in [-0.39, 0.29) is 24.0 Å². The molecular formula is C19H31N5O3. The second kappa shape index (κ2) is 9.21. The molecule has 3 amide bonds. The highest BCUT2D eigenvalue weighted by molar-refractivity contribution is 5.93. The predicted octanol–water partition coefficient (Wildman–Crippen LogP) is 2.41. The first-order valence-corrected chi connectivity index (χ1v) is 10.1. The van der Waals surface area contributed by atoms with Crippen LogP contribution in [0.15, 0.2) is 10.6 Å². The molecule has 3 N–H and O–H groups in total. The largest absolute Gasteiger partial charge is 0.338 e. The van der Waals surface area contributed by atoms with Crippen molar-refractivity contribution < 1.29 is 14.1 Å². The Hall–Kier alpha value is -2.09. The number of likely N-dealkylation sites (tertiary alicyclic amines) is 1. The molecule has 0 bridgehead atoms. The first-order chi connectivity index (χ1) is 13.0. The maximum Gasteiger partial charge on any atom is 0.315 e. The van der Waals surface area contributed by atoms with E-state index in [0.29, 0.717) is 11.9 Å². The number of urea groups is 1. The lowest BCUT2D eigenvalue weighted by atomic mass is 9.96. The summed E-state index contributed by atoms with van der Waals surface area (Å²) in [6.45, 7) is 5.25. The average molecular weight is 377 g/mol. The minimum absolute atomic E-state index is 0.0492. The molecule has 1 aliphatic carbocycles. The minimum Gasteiger partial charge on any atom is -0.338 e. The molecule has 27 heavy (non-hydrogen) atoms. The van der Waals surface area contributed by atoms with Gasteiger partial charge in [0.2, 0.25) is 11.8 Å². The number of carbonyl (C=O) groups is 2. The van der Waals surface area contributed by atoms with Gasteiger partial charge in [0.25, 0.3) is 0 Å². The van der Waals surface area contributed by atoms with E-state index in [9.17, 15) is 9.59 Å². The standard InChI is InChI=1S/C19H31N5O3/c1-13-12-17(27-23-13)22-18(25)14(2)24-10-8-16(9-11-24)21-19(26)20-15-6-4-3-5-7-15/h12,14-16H,3-11H2,1-2H3,(H,22,25)(H2,20,21,26). The second-order valence-corrected chi connectivity index (χ2v) is 7.76. The quantitative estimate of drug-likeness (QED) is 0.732. The van der Waals surface area contributed by atoms with E-state index in [0.717, 1.165) is 44.5 Å². The van der Waals surface area contributed by atoms with Gasteiger partial charge in [0.05, 0.1) is 11.7 Å². The molecule has 8 nitrogen and oxygen atoms in total. The highest BCUT2D eigenvalue weighted by Crippen LogP contribution is 2.18. The van der Waals surface area contributed by atoms with Crippen molar-refractivity contribution in [3.05, 3.63) is 11.8 Å². The Bertz CT molecular complexity index is 633. The number of amides is 3. The molecule has 2 heterocycles. The molecular weight excluding hydrogens is 346 g/mol. The Balaban J connectivity index is 1.38. The molecule has 1 aromatic rings. The van der Waals surface area contributed by atoms with E-state index in [1.54, 1.807) is 6.07 Å². The third-order valence-electron chi connectivity index (χ3n) is 5.61. The topological polar surface area (TPSA) is 99.5 Å². The molecule has 1 saturated carbocycles. The molecule has 0 aromatic carbocycles. The van der Waals surface area contributed by atoms with Gasteiger partial charge in [0.15, 0.2) is 0 Å². The molecule has 2 aliphatic rings. The molecule has 1 aromatic heterocycles. The fourth-order valence-corrected chi connectivity index (χ4v) is 3.90. The highest BCUT2D eigenvalue weighted by atomic mass is 16.5. The summed E-state index contributed by atoms with van der Waals surface area (Å²) in [6.07, 6.45) is 7.55. The maximum absolute atomic E-state index is 12.4. The first kappa shape index (κ1) is 19.7. The van der Waals surface area contributed by atoms with Gasteiger partial charge < -0.3 is 15.2 Å². The number of carbonyl (C=O) groups excluding carboxylic acids is 2. The Morgan fingerprint density at radius 1 is 1.11 bits per heavy atom. The van der Waals surface area contributed by atoms with Crippen molar-refractivity contribution in [2.24, 2.45) is 0 Å². The van der Waals surface area contributed by atoms with Crippen LogP contribution < -0.4 is 16.0 Å². The summed E-state index contributed by atoms with van der Waals surface area (Å²) in [6, 6.07) is 1.88. The van der Waals surface area contributed by atoms with E-state index in [2.05, 4.69) is 26.0 Å². The third-order valence-corrected chi connectivity index (χ3v) is 5.61. The number of anilines is 1. The fourth-order valence-electron chi connectivity index (χ4n) is 3.90. The number of nitrogens with zero attached hydrogens (tertiary/aromatic N) is 2. The lowest BCUT2D eigenvalue weighted by Gasteiger charge is -2.35. The molecule has 1 unspecified atom stereocenters. The fraction of sp³-hybridized carbons (Fsp3) is 0.737. The zero-order valence-corrected chi connectivity index (χ0v) is 16.3. The third kappa shape index (κ3) is 5.69. The molecule has 1 atom stereocenters. The Morgan fingerprint density at radius 3 is 2.33 bits per heavy atom. The Kier molecular flexibility index (Phi) is 6.71. The van der Waals surface area contributed by atoms with Crippen molar-refractivity contribution in [1.82, 2.24) is 20.7 Å². The number of aryl methyl sites for hydroxylation is 1. The van der Waals surface area contributed by atoms with Gasteiger partial charge >= 0.3 is 6.03 Å². The van der Waals surface area contributed by atoms with Crippen LogP contribution in [0.1, 0.15) is 57.6 Å². The molecule has 3 rings (SSSR count). The SMILES string of the molecule is Cc1cc(NC(=O)C(C)N2CCC(NC(=O)NC3CCCCC3)CC2)on1. The molecule has 2 fully saturated rings. The van der Waals surface area contributed by atoms with Crippen LogP contribution in [0.25, 0.3) is 0 Å². The molecule has 150 valence electrons. The van der Waals surface area contributed by atoms with E-state index in [4.69, 9.17) is 4.52 Å². The van der Waals surface area contributed by atoms with Crippen LogP contribution in [-0.4, -0.2) is 53.2 Å². The summed E-state index contributed by atoms with van der Waals surface area (Å²) >= 11 is 0. The van der Waals surface area contributed by atoms with Crippen LogP contribution in [0, 0.1) is 6.92 Å². The number of piperidine rings is 1. The summed E-state index contributed by atoms with van der Waals surface area (Å²) in [4.78, 5) is 26.7. The van der Waals surface area contributed by atoms with Crippen LogP contribution >= 0.6 is 0 Å². The van der Waals surface area contributed by atoms with Crippen LogP contribution in [0.5, 0.6) is 0 Å². The molecule has 1 saturated heterocycles. The summed E-state index contributed by atoms with van der Waals surface area (Å²) in [7, 11) is 0. The van der Waals surface area contributed by atoms with E-state index >= 15 is 0 Å². The molecule has 0 spiro atoms. The Morgan fingerprint density at radius 2 is 1.74 bits per heavy atom. The monoisotopic (exact) mass is 377 g/mol. The van der Waals surface area contributed by atoms with E-state index in [1.807, 2.05) is 13.8 Å². The smallest absolute Gasteiger partial charge is 0.315 e. The number of nitrogens with one attached hydrogen (secondary N) is 3. The number of aromatic nitrogens is 1.